The van der Waals surface area contributed by atoms with E-state index in [0.29, 0.717) is 21.6 Å². The number of nitrogens with zero attached hydrogens (tertiary/aromatic N) is 1. The Bertz CT molecular complexity index is 1260. The standard InChI is InChI=1S/C22H16N2O3S/c1-13-17-20(25)23-19(24-21(17)28-18(13)22(26)27)16(15-10-6-3-7-11-15)12-14-8-4-2-5-9-14/h2-12H,1H3,(H,26,27)(H,23,24,25)/b16-12-. The van der Waals surface area contributed by atoms with Gasteiger partial charge in [-0.05, 0) is 29.7 Å². The summed E-state index contributed by atoms with van der Waals surface area (Å²) in [6.07, 6.45) is 1.96. The number of aromatic amines is 1. The van der Waals surface area contributed by atoms with Crippen LogP contribution in [0.25, 0.3) is 21.9 Å². The number of benzene rings is 2. The minimum absolute atomic E-state index is 0.137. The molecule has 0 aliphatic carbocycles. The molecule has 2 aromatic heterocycles. The average molecular weight is 388 g/mol. The van der Waals surface area contributed by atoms with Crippen LogP contribution in [0.15, 0.2) is 65.5 Å². The van der Waals surface area contributed by atoms with Gasteiger partial charge in [0.2, 0.25) is 0 Å². The molecule has 0 saturated heterocycles. The normalized spacial score (nSPS) is 11.7. The third-order valence-electron chi connectivity index (χ3n) is 4.45. The van der Waals surface area contributed by atoms with Crippen molar-refractivity contribution in [1.82, 2.24) is 9.97 Å². The van der Waals surface area contributed by atoms with Gasteiger partial charge in [-0.3, -0.25) is 4.79 Å². The highest BCUT2D eigenvalue weighted by atomic mass is 32.1. The van der Waals surface area contributed by atoms with Crippen LogP contribution in [0, 0.1) is 6.92 Å². The number of hydrogen-bond acceptors (Lipinski definition) is 4. The van der Waals surface area contributed by atoms with Gasteiger partial charge < -0.3 is 10.1 Å². The lowest BCUT2D eigenvalue weighted by molar-refractivity contribution is 0.0701. The lowest BCUT2D eigenvalue weighted by atomic mass is 10.0. The molecule has 2 aromatic carbocycles. The average Bonchev–Trinajstić information content (AvgIpc) is 3.05. The molecular weight excluding hydrogens is 372 g/mol. The van der Waals surface area contributed by atoms with Crippen LogP contribution in [0.2, 0.25) is 0 Å². The fourth-order valence-corrected chi connectivity index (χ4v) is 4.12. The molecule has 0 spiro atoms. The number of carbonyl (C=O) groups is 1. The Morgan fingerprint density at radius 3 is 2.36 bits per heavy atom. The number of carboxylic acid groups (broad SMARTS) is 1. The Hall–Kier alpha value is -3.51. The van der Waals surface area contributed by atoms with Crippen LogP contribution in [-0.2, 0) is 0 Å². The van der Waals surface area contributed by atoms with Crippen LogP contribution in [-0.4, -0.2) is 21.0 Å². The lowest BCUT2D eigenvalue weighted by Crippen LogP contribution is -2.11. The predicted octanol–water partition coefficient (Wildman–Crippen LogP) is 4.58. The second-order valence-electron chi connectivity index (χ2n) is 6.29. The summed E-state index contributed by atoms with van der Waals surface area (Å²) in [4.78, 5) is 32.2. The summed E-state index contributed by atoms with van der Waals surface area (Å²) in [5, 5.41) is 9.70. The van der Waals surface area contributed by atoms with Gasteiger partial charge in [-0.2, -0.15) is 0 Å². The number of thiophene rings is 1. The van der Waals surface area contributed by atoms with Gasteiger partial charge in [0.1, 0.15) is 15.5 Å². The molecule has 0 aliphatic rings. The van der Waals surface area contributed by atoms with Crippen LogP contribution >= 0.6 is 11.3 Å². The summed E-state index contributed by atoms with van der Waals surface area (Å²) in [7, 11) is 0. The number of aromatic nitrogens is 2. The molecule has 0 amide bonds. The number of aryl methyl sites for hydroxylation is 1. The van der Waals surface area contributed by atoms with E-state index in [0.717, 1.165) is 28.0 Å². The predicted molar refractivity (Wildman–Crippen MR) is 112 cm³/mol. The van der Waals surface area contributed by atoms with Crippen molar-refractivity contribution >= 4 is 39.2 Å². The van der Waals surface area contributed by atoms with Crippen molar-refractivity contribution in [3.8, 4) is 0 Å². The minimum atomic E-state index is -1.05. The fraction of sp³-hybridized carbons (Fsp3) is 0.0455. The quantitative estimate of drug-likeness (QED) is 0.501. The molecule has 2 N–H and O–H groups in total. The van der Waals surface area contributed by atoms with Gasteiger partial charge in [-0.25, -0.2) is 9.78 Å². The largest absolute Gasteiger partial charge is 0.477 e. The Labute approximate surface area is 164 Å². The van der Waals surface area contributed by atoms with E-state index in [1.165, 1.54) is 0 Å². The van der Waals surface area contributed by atoms with Crippen molar-refractivity contribution in [2.24, 2.45) is 0 Å². The van der Waals surface area contributed by atoms with Crippen LogP contribution < -0.4 is 5.56 Å². The molecule has 2 heterocycles. The lowest BCUT2D eigenvalue weighted by Gasteiger charge is -2.08. The molecule has 5 nitrogen and oxygen atoms in total. The molecule has 0 saturated carbocycles. The summed E-state index contributed by atoms with van der Waals surface area (Å²) in [5.41, 5.74) is 2.74. The number of aromatic carboxylic acids is 1. The molecule has 138 valence electrons. The summed E-state index contributed by atoms with van der Waals surface area (Å²) < 4.78 is 0. The van der Waals surface area contributed by atoms with E-state index in [-0.39, 0.29) is 10.4 Å². The van der Waals surface area contributed by atoms with E-state index in [2.05, 4.69) is 9.97 Å². The first-order valence-electron chi connectivity index (χ1n) is 8.64. The molecule has 0 atom stereocenters. The van der Waals surface area contributed by atoms with Crippen LogP contribution in [0.4, 0.5) is 0 Å². The number of carboxylic acids is 1. The number of H-pyrrole nitrogens is 1. The maximum atomic E-state index is 12.7. The van der Waals surface area contributed by atoms with Crippen molar-refractivity contribution < 1.29 is 9.90 Å². The molecule has 0 bridgehead atoms. The Morgan fingerprint density at radius 1 is 1.07 bits per heavy atom. The molecule has 0 unspecified atom stereocenters. The molecule has 4 aromatic rings. The minimum Gasteiger partial charge on any atom is -0.477 e. The zero-order chi connectivity index (χ0) is 19.7. The number of nitrogens with one attached hydrogen (secondary N) is 1. The third-order valence-corrected chi connectivity index (χ3v) is 5.62. The van der Waals surface area contributed by atoms with Gasteiger partial charge in [0, 0.05) is 5.57 Å². The van der Waals surface area contributed by atoms with E-state index >= 15 is 0 Å². The molecule has 6 heteroatoms. The highest BCUT2D eigenvalue weighted by molar-refractivity contribution is 7.20. The maximum Gasteiger partial charge on any atom is 0.346 e. The first kappa shape index (κ1) is 17.9. The van der Waals surface area contributed by atoms with Gasteiger partial charge in [-0.15, -0.1) is 11.3 Å². The monoisotopic (exact) mass is 388 g/mol. The molecule has 28 heavy (non-hydrogen) atoms. The second-order valence-corrected chi connectivity index (χ2v) is 7.29. The van der Waals surface area contributed by atoms with E-state index in [9.17, 15) is 14.7 Å². The van der Waals surface area contributed by atoms with E-state index in [1.54, 1.807) is 6.92 Å². The van der Waals surface area contributed by atoms with E-state index < -0.39 is 5.97 Å². The Kier molecular flexibility index (Phi) is 4.63. The summed E-state index contributed by atoms with van der Waals surface area (Å²) in [6, 6.07) is 19.4. The van der Waals surface area contributed by atoms with Crippen molar-refractivity contribution in [2.75, 3.05) is 0 Å². The third kappa shape index (κ3) is 3.25. The molecule has 0 fully saturated rings. The molecule has 0 radical (unpaired) electrons. The highest BCUT2D eigenvalue weighted by Gasteiger charge is 2.19. The summed E-state index contributed by atoms with van der Waals surface area (Å²) >= 11 is 1.02. The second kappa shape index (κ2) is 7.25. The first-order chi connectivity index (χ1) is 13.5. The molecular formula is C22H16N2O3S. The summed E-state index contributed by atoms with van der Waals surface area (Å²) in [5.74, 6) is -0.643. The van der Waals surface area contributed by atoms with Crippen molar-refractivity contribution in [2.45, 2.75) is 6.92 Å². The number of hydrogen-bond donors (Lipinski definition) is 2. The first-order valence-corrected chi connectivity index (χ1v) is 9.45. The Morgan fingerprint density at radius 2 is 1.71 bits per heavy atom. The van der Waals surface area contributed by atoms with Gasteiger partial charge in [-0.1, -0.05) is 60.7 Å². The molecule has 0 aliphatic heterocycles. The van der Waals surface area contributed by atoms with Crippen molar-refractivity contribution in [1.29, 1.82) is 0 Å². The molecule has 4 rings (SSSR count). The van der Waals surface area contributed by atoms with Crippen LogP contribution in [0.5, 0.6) is 0 Å². The fourth-order valence-electron chi connectivity index (χ4n) is 3.10. The Balaban J connectivity index is 1.97. The van der Waals surface area contributed by atoms with E-state index in [1.807, 2.05) is 66.7 Å². The summed E-state index contributed by atoms with van der Waals surface area (Å²) in [6.45, 7) is 1.64. The van der Waals surface area contributed by atoms with Gasteiger partial charge in [0.25, 0.3) is 5.56 Å². The zero-order valence-corrected chi connectivity index (χ0v) is 15.8. The maximum absolute atomic E-state index is 12.7. The topological polar surface area (TPSA) is 83.0 Å². The van der Waals surface area contributed by atoms with Gasteiger partial charge in [0.15, 0.2) is 0 Å². The SMILES string of the molecule is Cc1c(C(=O)O)sc2nc(/C(=C\c3ccccc3)c3ccccc3)[nH]c(=O)c12. The smallest absolute Gasteiger partial charge is 0.346 e. The van der Waals surface area contributed by atoms with Crippen molar-refractivity contribution in [3.63, 3.8) is 0 Å². The van der Waals surface area contributed by atoms with E-state index in [4.69, 9.17) is 0 Å². The van der Waals surface area contributed by atoms with Crippen LogP contribution in [0.1, 0.15) is 32.2 Å². The van der Waals surface area contributed by atoms with Crippen LogP contribution in [0.3, 0.4) is 0 Å². The zero-order valence-electron chi connectivity index (χ0n) is 15.0. The number of fused-ring (bicyclic) bond motifs is 1. The van der Waals surface area contributed by atoms with Gasteiger partial charge >= 0.3 is 5.97 Å². The highest BCUT2D eigenvalue weighted by Crippen LogP contribution is 2.29. The number of rotatable bonds is 4. The van der Waals surface area contributed by atoms with Crippen molar-refractivity contribution in [3.05, 3.63) is 98.4 Å². The van der Waals surface area contributed by atoms with Gasteiger partial charge in [0.05, 0.1) is 5.39 Å².